The second-order valence-electron chi connectivity index (χ2n) is 11.6. The lowest BCUT2D eigenvalue weighted by Gasteiger charge is -2.60. The molecule has 0 spiro atoms. The number of aromatic nitrogens is 1. The van der Waals surface area contributed by atoms with E-state index in [1.54, 1.807) is 0 Å². The van der Waals surface area contributed by atoms with E-state index in [9.17, 15) is 4.79 Å². The van der Waals surface area contributed by atoms with Gasteiger partial charge in [-0.2, -0.15) is 0 Å². The van der Waals surface area contributed by atoms with Crippen LogP contribution in [0, 0.1) is 46.3 Å². The highest BCUT2D eigenvalue weighted by atomic mass is 16.5. The van der Waals surface area contributed by atoms with Gasteiger partial charge in [0.1, 0.15) is 5.78 Å². The van der Waals surface area contributed by atoms with Crippen molar-refractivity contribution in [1.82, 2.24) is 4.98 Å². The predicted molar refractivity (Wildman–Crippen MR) is 119 cm³/mol. The maximum absolute atomic E-state index is 12.1. The van der Waals surface area contributed by atoms with Gasteiger partial charge in [0.15, 0.2) is 0 Å². The van der Waals surface area contributed by atoms with Gasteiger partial charge in [-0.15, -0.1) is 0 Å². The van der Waals surface area contributed by atoms with Gasteiger partial charge in [0, 0.05) is 25.1 Å². The van der Waals surface area contributed by atoms with E-state index in [0.717, 1.165) is 55.4 Å². The number of Topliss-reactive ketones (excluding diaryl/α,β-unsaturated/α-hetero) is 1. The minimum Gasteiger partial charge on any atom is -0.477 e. The maximum atomic E-state index is 12.1. The number of ketones is 1. The van der Waals surface area contributed by atoms with Crippen LogP contribution in [0.15, 0.2) is 24.4 Å². The normalized spacial score (nSPS) is 44.0. The molecule has 0 N–H and O–H groups in total. The molecule has 8 atom stereocenters. The molecule has 1 heterocycles. The summed E-state index contributed by atoms with van der Waals surface area (Å²) in [6, 6.07) is 5.90. The first-order valence-electron chi connectivity index (χ1n) is 12.5. The smallest absolute Gasteiger partial charge is 0.213 e. The van der Waals surface area contributed by atoms with Crippen LogP contribution in [-0.2, 0) is 4.79 Å². The van der Waals surface area contributed by atoms with Crippen molar-refractivity contribution in [3.63, 3.8) is 0 Å². The molecule has 3 nitrogen and oxygen atoms in total. The summed E-state index contributed by atoms with van der Waals surface area (Å²) in [6.45, 7) is 8.35. The SMILES string of the molecule is CC(COc1ccccn1)C1CCC2C3CCC4CC(=O)CCC4(C)C3CCC12C. The van der Waals surface area contributed by atoms with E-state index >= 15 is 0 Å². The van der Waals surface area contributed by atoms with E-state index in [-0.39, 0.29) is 0 Å². The molecule has 1 aromatic heterocycles. The number of carbonyl (C=O) groups is 1. The van der Waals surface area contributed by atoms with Crippen LogP contribution >= 0.6 is 0 Å². The average Bonchev–Trinajstić information content (AvgIpc) is 3.10. The molecule has 0 saturated heterocycles. The standard InChI is InChI=1S/C27H39NO2/c1-18(17-30-25-6-4-5-15-28-25)22-9-10-23-21-8-7-19-16-20(29)11-13-26(19,2)24(21)12-14-27(22,23)3/h4-6,15,18-19,21-24H,7-14,16-17H2,1-3H3. The summed E-state index contributed by atoms with van der Waals surface area (Å²) in [7, 11) is 0. The maximum Gasteiger partial charge on any atom is 0.213 e. The molecule has 4 aliphatic carbocycles. The molecule has 0 amide bonds. The van der Waals surface area contributed by atoms with Crippen LogP contribution in [0.5, 0.6) is 5.88 Å². The lowest BCUT2D eigenvalue weighted by Crippen LogP contribution is -2.54. The van der Waals surface area contributed by atoms with Gasteiger partial charge in [-0.1, -0.05) is 26.8 Å². The van der Waals surface area contributed by atoms with Crippen LogP contribution in [0.2, 0.25) is 0 Å². The molecule has 0 radical (unpaired) electrons. The molecule has 8 unspecified atom stereocenters. The number of hydrogen-bond donors (Lipinski definition) is 0. The molecule has 3 heteroatoms. The average molecular weight is 410 g/mol. The van der Waals surface area contributed by atoms with E-state index in [4.69, 9.17) is 4.74 Å². The van der Waals surface area contributed by atoms with Gasteiger partial charge in [-0.25, -0.2) is 4.98 Å². The Morgan fingerprint density at radius 2 is 1.90 bits per heavy atom. The van der Waals surface area contributed by atoms with Crippen molar-refractivity contribution in [2.45, 2.75) is 78.6 Å². The predicted octanol–water partition coefficient (Wildman–Crippen LogP) is 6.32. The summed E-state index contributed by atoms with van der Waals surface area (Å²) in [5.74, 6) is 5.86. The van der Waals surface area contributed by atoms with E-state index < -0.39 is 0 Å². The minimum absolute atomic E-state index is 0.421. The number of ether oxygens (including phenoxy) is 1. The molecule has 4 saturated carbocycles. The number of hydrogen-bond acceptors (Lipinski definition) is 3. The van der Waals surface area contributed by atoms with Crippen molar-refractivity contribution >= 4 is 5.78 Å². The number of carbonyl (C=O) groups excluding carboxylic acids is 1. The molecule has 5 rings (SSSR count). The fourth-order valence-electron chi connectivity index (χ4n) is 8.79. The second kappa shape index (κ2) is 7.64. The molecule has 0 bridgehead atoms. The van der Waals surface area contributed by atoms with Crippen LogP contribution in [0.1, 0.15) is 78.6 Å². The van der Waals surface area contributed by atoms with Crippen molar-refractivity contribution in [2.75, 3.05) is 6.61 Å². The Morgan fingerprint density at radius 1 is 1.07 bits per heavy atom. The summed E-state index contributed by atoms with van der Waals surface area (Å²) in [5.41, 5.74) is 0.881. The fraction of sp³-hybridized carbons (Fsp3) is 0.778. The fourth-order valence-corrected chi connectivity index (χ4v) is 8.79. The Labute approximate surface area is 182 Å². The summed E-state index contributed by atoms with van der Waals surface area (Å²) in [5, 5.41) is 0. The highest BCUT2D eigenvalue weighted by molar-refractivity contribution is 5.79. The van der Waals surface area contributed by atoms with Crippen molar-refractivity contribution in [2.24, 2.45) is 46.3 Å². The van der Waals surface area contributed by atoms with Crippen LogP contribution in [0.25, 0.3) is 0 Å². The van der Waals surface area contributed by atoms with E-state index in [2.05, 4.69) is 25.8 Å². The van der Waals surface area contributed by atoms with Crippen LogP contribution < -0.4 is 4.74 Å². The Kier molecular flexibility index (Phi) is 5.22. The molecule has 1 aromatic rings. The van der Waals surface area contributed by atoms with Crippen molar-refractivity contribution in [1.29, 1.82) is 0 Å². The highest BCUT2D eigenvalue weighted by Gasteiger charge is 2.60. The number of pyridine rings is 1. The molecule has 164 valence electrons. The Hall–Kier alpha value is -1.38. The van der Waals surface area contributed by atoms with Gasteiger partial charge in [0.05, 0.1) is 6.61 Å². The molecular formula is C27H39NO2. The van der Waals surface area contributed by atoms with Crippen molar-refractivity contribution in [3.8, 4) is 5.88 Å². The Bertz CT molecular complexity index is 778. The third-order valence-corrected chi connectivity index (χ3v) is 10.4. The molecule has 0 aliphatic heterocycles. The number of rotatable bonds is 4. The first-order chi connectivity index (χ1) is 14.4. The zero-order valence-corrected chi connectivity index (χ0v) is 19.1. The highest BCUT2D eigenvalue weighted by Crippen LogP contribution is 2.68. The van der Waals surface area contributed by atoms with Crippen molar-refractivity contribution in [3.05, 3.63) is 24.4 Å². The zero-order valence-electron chi connectivity index (χ0n) is 19.1. The Balaban J connectivity index is 1.30. The summed E-state index contributed by atoms with van der Waals surface area (Å²) >= 11 is 0. The van der Waals surface area contributed by atoms with E-state index in [0.29, 0.717) is 28.4 Å². The molecule has 4 aliphatic rings. The zero-order chi connectivity index (χ0) is 20.9. The second-order valence-corrected chi connectivity index (χ2v) is 11.6. The Morgan fingerprint density at radius 3 is 2.70 bits per heavy atom. The van der Waals surface area contributed by atoms with Crippen molar-refractivity contribution < 1.29 is 9.53 Å². The summed E-state index contributed by atoms with van der Waals surface area (Å²) in [4.78, 5) is 16.5. The molecular weight excluding hydrogens is 370 g/mol. The quantitative estimate of drug-likeness (QED) is 0.584. The molecule has 4 fully saturated rings. The van der Waals surface area contributed by atoms with Gasteiger partial charge in [0.2, 0.25) is 5.88 Å². The third-order valence-electron chi connectivity index (χ3n) is 10.4. The number of nitrogens with zero attached hydrogens (tertiary/aromatic N) is 1. The van der Waals surface area contributed by atoms with E-state index in [1.165, 1.54) is 38.5 Å². The summed E-state index contributed by atoms with van der Waals surface area (Å²) in [6.07, 6.45) is 12.8. The minimum atomic E-state index is 0.421. The van der Waals surface area contributed by atoms with Gasteiger partial charge in [0.25, 0.3) is 0 Å². The lowest BCUT2D eigenvalue weighted by atomic mass is 9.44. The molecule has 30 heavy (non-hydrogen) atoms. The first kappa shape index (κ1) is 20.5. The van der Waals surface area contributed by atoms with Gasteiger partial charge >= 0.3 is 0 Å². The van der Waals surface area contributed by atoms with Crippen LogP contribution in [0.4, 0.5) is 0 Å². The first-order valence-corrected chi connectivity index (χ1v) is 12.5. The monoisotopic (exact) mass is 409 g/mol. The van der Waals surface area contributed by atoms with Crippen LogP contribution in [0.3, 0.4) is 0 Å². The topological polar surface area (TPSA) is 39.2 Å². The van der Waals surface area contributed by atoms with E-state index in [1.807, 2.05) is 24.4 Å². The van der Waals surface area contributed by atoms with Gasteiger partial charge in [-0.3, -0.25) is 4.79 Å². The van der Waals surface area contributed by atoms with Gasteiger partial charge in [-0.05, 0) is 97.3 Å². The summed E-state index contributed by atoms with van der Waals surface area (Å²) < 4.78 is 6.07. The molecule has 0 aromatic carbocycles. The van der Waals surface area contributed by atoms with Crippen LogP contribution in [-0.4, -0.2) is 17.4 Å². The lowest BCUT2D eigenvalue weighted by molar-refractivity contribution is -0.140. The van der Waals surface area contributed by atoms with Gasteiger partial charge < -0.3 is 4.74 Å². The largest absolute Gasteiger partial charge is 0.477 e. The third kappa shape index (κ3) is 3.22. The number of fused-ring (bicyclic) bond motifs is 5.